The molecule has 1 aromatic heterocycles. The lowest BCUT2D eigenvalue weighted by molar-refractivity contribution is 0.110. The smallest absolute Gasteiger partial charge is 0.186 e. The lowest BCUT2D eigenvalue weighted by Crippen LogP contribution is -1.89. The first kappa shape index (κ1) is 13.2. The fourth-order valence-electron chi connectivity index (χ4n) is 2.44. The molecule has 0 fully saturated rings. The van der Waals surface area contributed by atoms with Gasteiger partial charge in [0.1, 0.15) is 17.1 Å². The number of fused-ring (bicyclic) bond motifs is 1. The second-order valence-corrected chi connectivity index (χ2v) is 4.53. The Bertz CT molecular complexity index is 787. The summed E-state index contributed by atoms with van der Waals surface area (Å²) < 4.78 is 16.3. The summed E-state index contributed by atoms with van der Waals surface area (Å²) >= 11 is 0. The molecule has 0 N–H and O–H groups in total. The molecule has 4 nitrogen and oxygen atoms in total. The second-order valence-electron chi connectivity index (χ2n) is 4.53. The number of aldehydes is 1. The predicted molar refractivity (Wildman–Crippen MR) is 80.1 cm³/mol. The highest BCUT2D eigenvalue weighted by atomic mass is 16.5. The number of furan rings is 1. The van der Waals surface area contributed by atoms with E-state index in [-0.39, 0.29) is 5.76 Å². The van der Waals surface area contributed by atoms with Crippen LogP contribution in [0.3, 0.4) is 0 Å². The maximum absolute atomic E-state index is 11.4. The van der Waals surface area contributed by atoms with Gasteiger partial charge in [0.25, 0.3) is 0 Å². The first-order valence-corrected chi connectivity index (χ1v) is 6.47. The van der Waals surface area contributed by atoms with E-state index in [1.54, 1.807) is 26.4 Å². The van der Waals surface area contributed by atoms with Gasteiger partial charge < -0.3 is 13.9 Å². The van der Waals surface area contributed by atoms with Gasteiger partial charge in [-0.2, -0.15) is 0 Å². The molecular weight excluding hydrogens is 268 g/mol. The molecule has 1 heterocycles. The Hall–Kier alpha value is -2.75. The Balaban J connectivity index is 2.39. The zero-order chi connectivity index (χ0) is 14.8. The number of hydrogen-bond donors (Lipinski definition) is 0. The van der Waals surface area contributed by atoms with E-state index in [9.17, 15) is 4.79 Å². The van der Waals surface area contributed by atoms with Crippen LogP contribution in [0.2, 0.25) is 0 Å². The number of carbonyl (C=O) groups excluding carboxylic acids is 1. The largest absolute Gasteiger partial charge is 0.496 e. The van der Waals surface area contributed by atoms with Gasteiger partial charge in [-0.1, -0.05) is 30.3 Å². The Morgan fingerprint density at radius 1 is 1.05 bits per heavy atom. The van der Waals surface area contributed by atoms with E-state index in [4.69, 9.17) is 13.9 Å². The molecule has 0 spiro atoms. The maximum atomic E-state index is 11.4. The number of carbonyl (C=O) groups is 1. The summed E-state index contributed by atoms with van der Waals surface area (Å²) in [7, 11) is 3.15. The zero-order valence-electron chi connectivity index (χ0n) is 11.8. The van der Waals surface area contributed by atoms with E-state index < -0.39 is 0 Å². The van der Waals surface area contributed by atoms with Crippen LogP contribution in [0.25, 0.3) is 22.1 Å². The molecule has 0 saturated heterocycles. The zero-order valence-corrected chi connectivity index (χ0v) is 11.8. The quantitative estimate of drug-likeness (QED) is 0.680. The molecule has 3 aromatic rings. The Kier molecular flexibility index (Phi) is 3.36. The van der Waals surface area contributed by atoms with Crippen molar-refractivity contribution in [1.82, 2.24) is 0 Å². The summed E-state index contributed by atoms with van der Waals surface area (Å²) in [4.78, 5) is 11.4. The van der Waals surface area contributed by atoms with E-state index in [1.807, 2.05) is 30.3 Å². The van der Waals surface area contributed by atoms with E-state index in [1.165, 1.54) is 0 Å². The summed E-state index contributed by atoms with van der Waals surface area (Å²) in [6.07, 6.45) is 0.717. The van der Waals surface area contributed by atoms with Gasteiger partial charge in [-0.25, -0.2) is 0 Å². The first-order valence-electron chi connectivity index (χ1n) is 6.47. The molecule has 0 amide bonds. The van der Waals surface area contributed by atoms with Crippen LogP contribution >= 0.6 is 0 Å². The Labute approximate surface area is 121 Å². The van der Waals surface area contributed by atoms with Gasteiger partial charge in [0.2, 0.25) is 0 Å². The highest BCUT2D eigenvalue weighted by molar-refractivity contribution is 6.05. The molecule has 106 valence electrons. The van der Waals surface area contributed by atoms with Crippen LogP contribution in [0.4, 0.5) is 0 Å². The molecule has 0 aliphatic heterocycles. The highest BCUT2D eigenvalue weighted by Crippen LogP contribution is 2.41. The van der Waals surface area contributed by atoms with Crippen molar-refractivity contribution in [2.45, 2.75) is 0 Å². The van der Waals surface area contributed by atoms with Crippen LogP contribution in [-0.2, 0) is 0 Å². The van der Waals surface area contributed by atoms with Crippen molar-refractivity contribution in [3.63, 3.8) is 0 Å². The topological polar surface area (TPSA) is 48.7 Å². The molecule has 4 heteroatoms. The summed E-state index contributed by atoms with van der Waals surface area (Å²) in [5.74, 6) is 1.51. The SMILES string of the molecule is COc1cc(OC)c2c(-c3ccccc3)c(C=O)oc2c1. The number of ether oxygens (including phenoxy) is 2. The molecule has 2 aromatic carbocycles. The average Bonchev–Trinajstić information content (AvgIpc) is 2.93. The molecule has 0 bridgehead atoms. The van der Waals surface area contributed by atoms with Crippen LogP contribution in [0.5, 0.6) is 11.5 Å². The minimum Gasteiger partial charge on any atom is -0.496 e. The molecule has 0 aliphatic rings. The van der Waals surface area contributed by atoms with Crippen molar-refractivity contribution in [1.29, 1.82) is 0 Å². The van der Waals surface area contributed by atoms with Crippen LogP contribution in [0.15, 0.2) is 46.9 Å². The number of rotatable bonds is 4. The average molecular weight is 282 g/mol. The van der Waals surface area contributed by atoms with Crippen molar-refractivity contribution < 1.29 is 18.7 Å². The van der Waals surface area contributed by atoms with Gasteiger partial charge in [0.05, 0.1) is 19.6 Å². The van der Waals surface area contributed by atoms with Crippen LogP contribution in [-0.4, -0.2) is 20.5 Å². The van der Waals surface area contributed by atoms with Crippen molar-refractivity contribution in [2.24, 2.45) is 0 Å². The van der Waals surface area contributed by atoms with E-state index >= 15 is 0 Å². The third-order valence-corrected chi connectivity index (χ3v) is 3.38. The summed E-state index contributed by atoms with van der Waals surface area (Å²) in [6.45, 7) is 0. The fraction of sp³-hybridized carbons (Fsp3) is 0.118. The summed E-state index contributed by atoms with van der Waals surface area (Å²) in [5, 5.41) is 0.770. The number of methoxy groups -OCH3 is 2. The van der Waals surface area contributed by atoms with Crippen molar-refractivity contribution in [3.8, 4) is 22.6 Å². The van der Waals surface area contributed by atoms with E-state index in [0.29, 0.717) is 23.4 Å². The fourth-order valence-corrected chi connectivity index (χ4v) is 2.44. The second kappa shape index (κ2) is 5.32. The summed E-state index contributed by atoms with van der Waals surface area (Å²) in [6, 6.07) is 13.1. The van der Waals surface area contributed by atoms with Crippen LogP contribution < -0.4 is 9.47 Å². The minimum absolute atomic E-state index is 0.280. The minimum atomic E-state index is 0.280. The molecule has 0 atom stereocenters. The molecule has 3 rings (SSSR count). The third kappa shape index (κ3) is 2.14. The van der Waals surface area contributed by atoms with E-state index in [2.05, 4.69) is 0 Å². The molecule has 0 aliphatic carbocycles. The van der Waals surface area contributed by atoms with Crippen molar-refractivity contribution >= 4 is 17.3 Å². The van der Waals surface area contributed by atoms with Gasteiger partial charge in [0, 0.05) is 17.7 Å². The standard InChI is InChI=1S/C17H14O4/c1-19-12-8-13(20-2)17-14(9-12)21-15(10-18)16(17)11-6-4-3-5-7-11/h3-10H,1-2H3. The lowest BCUT2D eigenvalue weighted by Gasteiger charge is -2.07. The maximum Gasteiger partial charge on any atom is 0.186 e. The van der Waals surface area contributed by atoms with Crippen molar-refractivity contribution in [3.05, 3.63) is 48.2 Å². The van der Waals surface area contributed by atoms with Crippen molar-refractivity contribution in [2.75, 3.05) is 14.2 Å². The third-order valence-electron chi connectivity index (χ3n) is 3.38. The molecular formula is C17H14O4. The monoisotopic (exact) mass is 282 g/mol. The highest BCUT2D eigenvalue weighted by Gasteiger charge is 2.20. The molecule has 0 radical (unpaired) electrons. The van der Waals surface area contributed by atoms with Gasteiger partial charge in [-0.3, -0.25) is 4.79 Å². The lowest BCUT2D eigenvalue weighted by atomic mass is 10.0. The molecule has 0 saturated carbocycles. The molecule has 21 heavy (non-hydrogen) atoms. The Morgan fingerprint density at radius 3 is 2.43 bits per heavy atom. The van der Waals surface area contributed by atoms with Gasteiger partial charge in [-0.15, -0.1) is 0 Å². The van der Waals surface area contributed by atoms with Crippen LogP contribution in [0, 0.1) is 0 Å². The first-order chi connectivity index (χ1) is 10.3. The van der Waals surface area contributed by atoms with E-state index in [0.717, 1.165) is 16.5 Å². The summed E-state index contributed by atoms with van der Waals surface area (Å²) in [5.41, 5.74) is 2.20. The number of benzene rings is 2. The van der Waals surface area contributed by atoms with Gasteiger partial charge in [0.15, 0.2) is 12.0 Å². The normalized spacial score (nSPS) is 10.6. The predicted octanol–water partition coefficient (Wildman–Crippen LogP) is 3.93. The number of hydrogen-bond acceptors (Lipinski definition) is 4. The van der Waals surface area contributed by atoms with Gasteiger partial charge in [-0.05, 0) is 5.56 Å². The molecule has 0 unspecified atom stereocenters. The van der Waals surface area contributed by atoms with Crippen LogP contribution in [0.1, 0.15) is 10.6 Å². The Morgan fingerprint density at radius 2 is 1.81 bits per heavy atom. The van der Waals surface area contributed by atoms with Gasteiger partial charge >= 0.3 is 0 Å².